The highest BCUT2D eigenvalue weighted by Gasteiger charge is 2.25. The standard InChI is InChI=1S/C10H13N3O2/c1-2-3-7-8-6(5-15-7)4-12-10(13-8)9(11)14/h4,7H,2-3,5H2,1H3,(H2,11,14). The zero-order valence-corrected chi connectivity index (χ0v) is 8.56. The third-order valence-electron chi connectivity index (χ3n) is 2.41. The molecule has 0 aromatic carbocycles. The number of nitrogens with zero attached hydrogens (tertiary/aromatic N) is 2. The van der Waals surface area contributed by atoms with Gasteiger partial charge in [-0.3, -0.25) is 4.79 Å². The van der Waals surface area contributed by atoms with E-state index >= 15 is 0 Å². The van der Waals surface area contributed by atoms with Crippen LogP contribution in [0.3, 0.4) is 0 Å². The van der Waals surface area contributed by atoms with Crippen LogP contribution in [0.2, 0.25) is 0 Å². The third kappa shape index (κ3) is 1.83. The molecule has 2 heterocycles. The van der Waals surface area contributed by atoms with Crippen LogP contribution in [0.1, 0.15) is 47.7 Å². The molecule has 1 aliphatic rings. The normalized spacial score (nSPS) is 18.9. The van der Waals surface area contributed by atoms with Gasteiger partial charge in [-0.1, -0.05) is 13.3 Å². The van der Waals surface area contributed by atoms with Crippen LogP contribution < -0.4 is 5.73 Å². The minimum Gasteiger partial charge on any atom is -0.367 e. The van der Waals surface area contributed by atoms with Gasteiger partial charge >= 0.3 is 0 Å². The van der Waals surface area contributed by atoms with Crippen molar-refractivity contribution in [3.8, 4) is 0 Å². The zero-order chi connectivity index (χ0) is 10.8. The maximum atomic E-state index is 10.9. The van der Waals surface area contributed by atoms with Crippen LogP contribution in [0.5, 0.6) is 0 Å². The molecule has 2 rings (SSSR count). The Morgan fingerprint density at radius 1 is 1.73 bits per heavy atom. The van der Waals surface area contributed by atoms with E-state index in [0.29, 0.717) is 6.61 Å². The van der Waals surface area contributed by atoms with Gasteiger partial charge in [-0.15, -0.1) is 0 Å². The SMILES string of the molecule is CCCC1OCc2cnc(C(N)=O)nc21. The Bertz CT molecular complexity index is 390. The second kappa shape index (κ2) is 3.94. The zero-order valence-electron chi connectivity index (χ0n) is 8.56. The first-order valence-electron chi connectivity index (χ1n) is 4.99. The first kappa shape index (κ1) is 10.0. The number of carbonyl (C=O) groups excluding carboxylic acids is 1. The summed E-state index contributed by atoms with van der Waals surface area (Å²) in [5, 5.41) is 0. The van der Waals surface area contributed by atoms with Crippen molar-refractivity contribution in [2.24, 2.45) is 5.73 Å². The van der Waals surface area contributed by atoms with E-state index in [9.17, 15) is 4.79 Å². The van der Waals surface area contributed by atoms with Crippen molar-refractivity contribution in [1.82, 2.24) is 9.97 Å². The molecule has 1 amide bonds. The molecule has 1 unspecified atom stereocenters. The quantitative estimate of drug-likeness (QED) is 0.800. The number of fused-ring (bicyclic) bond motifs is 1. The molecule has 0 saturated heterocycles. The molecule has 2 N–H and O–H groups in total. The van der Waals surface area contributed by atoms with Crippen LogP contribution in [0, 0.1) is 0 Å². The average molecular weight is 207 g/mol. The fraction of sp³-hybridized carbons (Fsp3) is 0.500. The van der Waals surface area contributed by atoms with E-state index in [4.69, 9.17) is 10.5 Å². The number of aromatic nitrogens is 2. The molecule has 15 heavy (non-hydrogen) atoms. The monoisotopic (exact) mass is 207 g/mol. The molecule has 0 saturated carbocycles. The molecule has 1 atom stereocenters. The number of carbonyl (C=O) groups is 1. The van der Waals surface area contributed by atoms with Gasteiger partial charge < -0.3 is 10.5 Å². The van der Waals surface area contributed by atoms with E-state index in [-0.39, 0.29) is 11.9 Å². The number of nitrogens with two attached hydrogens (primary N) is 1. The van der Waals surface area contributed by atoms with Crippen molar-refractivity contribution < 1.29 is 9.53 Å². The van der Waals surface area contributed by atoms with Crippen molar-refractivity contribution in [1.29, 1.82) is 0 Å². The van der Waals surface area contributed by atoms with Crippen molar-refractivity contribution in [3.05, 3.63) is 23.3 Å². The molecule has 5 nitrogen and oxygen atoms in total. The van der Waals surface area contributed by atoms with Gasteiger partial charge in [-0.05, 0) is 6.42 Å². The molecule has 5 heteroatoms. The second-order valence-corrected chi connectivity index (χ2v) is 3.56. The van der Waals surface area contributed by atoms with E-state index in [0.717, 1.165) is 24.1 Å². The summed E-state index contributed by atoms with van der Waals surface area (Å²) in [6.45, 7) is 2.61. The Kier molecular flexibility index (Phi) is 2.64. The minimum atomic E-state index is -0.597. The highest BCUT2D eigenvalue weighted by molar-refractivity contribution is 5.88. The van der Waals surface area contributed by atoms with Crippen molar-refractivity contribution >= 4 is 5.91 Å². The topological polar surface area (TPSA) is 78.1 Å². The smallest absolute Gasteiger partial charge is 0.286 e. The highest BCUT2D eigenvalue weighted by Crippen LogP contribution is 2.31. The summed E-state index contributed by atoms with van der Waals surface area (Å²) < 4.78 is 5.54. The average Bonchev–Trinajstić information content (AvgIpc) is 2.61. The third-order valence-corrected chi connectivity index (χ3v) is 2.41. The van der Waals surface area contributed by atoms with Gasteiger partial charge in [0.2, 0.25) is 5.82 Å². The maximum absolute atomic E-state index is 10.9. The van der Waals surface area contributed by atoms with Gasteiger partial charge in [0.1, 0.15) is 6.10 Å². The largest absolute Gasteiger partial charge is 0.367 e. The van der Waals surface area contributed by atoms with Crippen molar-refractivity contribution in [3.63, 3.8) is 0 Å². The summed E-state index contributed by atoms with van der Waals surface area (Å²) in [4.78, 5) is 18.9. The summed E-state index contributed by atoms with van der Waals surface area (Å²) in [6.07, 6.45) is 3.53. The molecule has 1 aromatic rings. The van der Waals surface area contributed by atoms with E-state index < -0.39 is 5.91 Å². The summed E-state index contributed by atoms with van der Waals surface area (Å²) >= 11 is 0. The molecule has 1 aromatic heterocycles. The van der Waals surface area contributed by atoms with Gasteiger partial charge in [-0.2, -0.15) is 0 Å². The van der Waals surface area contributed by atoms with Crippen LogP contribution in [0.15, 0.2) is 6.20 Å². The first-order chi connectivity index (χ1) is 7.22. The number of rotatable bonds is 3. The molecule has 0 aliphatic carbocycles. The minimum absolute atomic E-state index is 0.00824. The molecular weight excluding hydrogens is 194 g/mol. The Balaban J connectivity index is 2.33. The fourth-order valence-corrected chi connectivity index (χ4v) is 1.68. The number of hydrogen-bond acceptors (Lipinski definition) is 4. The molecule has 0 bridgehead atoms. The van der Waals surface area contributed by atoms with Gasteiger partial charge in [0.25, 0.3) is 5.91 Å². The lowest BCUT2D eigenvalue weighted by Crippen LogP contribution is -2.16. The lowest BCUT2D eigenvalue weighted by molar-refractivity contribution is 0.0577. The van der Waals surface area contributed by atoms with E-state index in [1.807, 2.05) is 0 Å². The first-order valence-corrected chi connectivity index (χ1v) is 4.99. The second-order valence-electron chi connectivity index (χ2n) is 3.56. The lowest BCUT2D eigenvalue weighted by Gasteiger charge is -2.08. The molecule has 80 valence electrons. The molecule has 1 aliphatic heterocycles. The van der Waals surface area contributed by atoms with Crippen LogP contribution in [-0.2, 0) is 11.3 Å². The van der Waals surface area contributed by atoms with Crippen LogP contribution >= 0.6 is 0 Å². The Morgan fingerprint density at radius 3 is 3.20 bits per heavy atom. The van der Waals surface area contributed by atoms with Gasteiger partial charge in [0.15, 0.2) is 0 Å². The Morgan fingerprint density at radius 2 is 2.53 bits per heavy atom. The summed E-state index contributed by atoms with van der Waals surface area (Å²) in [5.74, 6) is -0.527. The summed E-state index contributed by atoms with van der Waals surface area (Å²) in [7, 11) is 0. The lowest BCUT2D eigenvalue weighted by atomic mass is 10.1. The Hall–Kier alpha value is -1.49. The van der Waals surface area contributed by atoms with E-state index in [1.54, 1.807) is 6.20 Å². The van der Waals surface area contributed by atoms with Crippen molar-refractivity contribution in [2.45, 2.75) is 32.5 Å². The molecule has 0 spiro atoms. The Labute approximate surface area is 87.7 Å². The van der Waals surface area contributed by atoms with Crippen LogP contribution in [0.25, 0.3) is 0 Å². The van der Waals surface area contributed by atoms with E-state index in [1.165, 1.54) is 0 Å². The fourth-order valence-electron chi connectivity index (χ4n) is 1.68. The van der Waals surface area contributed by atoms with Crippen molar-refractivity contribution in [2.75, 3.05) is 0 Å². The molecular formula is C10H13N3O2. The predicted molar refractivity (Wildman–Crippen MR) is 53.0 cm³/mol. The summed E-state index contributed by atoms with van der Waals surface area (Å²) in [6, 6.07) is 0. The number of ether oxygens (including phenoxy) is 1. The van der Waals surface area contributed by atoms with Crippen LogP contribution in [0.4, 0.5) is 0 Å². The van der Waals surface area contributed by atoms with Crippen LogP contribution in [-0.4, -0.2) is 15.9 Å². The highest BCUT2D eigenvalue weighted by atomic mass is 16.5. The number of primary amides is 1. The number of hydrogen-bond donors (Lipinski definition) is 1. The van der Waals surface area contributed by atoms with Gasteiger partial charge in [0, 0.05) is 11.8 Å². The summed E-state index contributed by atoms with van der Waals surface area (Å²) in [5.41, 5.74) is 6.90. The van der Waals surface area contributed by atoms with E-state index in [2.05, 4.69) is 16.9 Å². The molecule has 0 fully saturated rings. The predicted octanol–water partition coefficient (Wildman–Crippen LogP) is 0.947. The molecule has 0 radical (unpaired) electrons. The maximum Gasteiger partial charge on any atom is 0.286 e. The van der Waals surface area contributed by atoms with Gasteiger partial charge in [-0.25, -0.2) is 9.97 Å². The number of amides is 1. The van der Waals surface area contributed by atoms with Gasteiger partial charge in [0.05, 0.1) is 12.3 Å².